The summed E-state index contributed by atoms with van der Waals surface area (Å²) in [6, 6.07) is 3.01. The van der Waals surface area contributed by atoms with Crippen LogP contribution in [0.1, 0.15) is 44.8 Å². The smallest absolute Gasteiger partial charge is 0.144 e. The molecule has 1 aromatic carbocycles. The lowest BCUT2D eigenvalue weighted by molar-refractivity contribution is 0.509. The molecule has 0 fully saturated rings. The standard InChI is InChI=1S/C15H19Cl2FN2/c1-9(2)5-4-6-20-14-7-11(17)12(18)8-13(14)19-15(20)10(3)16/h7-10H,4-6H2,1-3H3. The maximum Gasteiger partial charge on any atom is 0.144 e. The minimum atomic E-state index is -0.445. The number of hydrogen-bond donors (Lipinski definition) is 0. The van der Waals surface area contributed by atoms with Crippen LogP contribution in [-0.2, 0) is 6.54 Å². The van der Waals surface area contributed by atoms with Gasteiger partial charge in [0.15, 0.2) is 0 Å². The van der Waals surface area contributed by atoms with Crippen molar-refractivity contribution in [3.63, 3.8) is 0 Å². The summed E-state index contributed by atoms with van der Waals surface area (Å²) in [6.07, 6.45) is 2.17. The lowest BCUT2D eigenvalue weighted by atomic mass is 10.1. The van der Waals surface area contributed by atoms with Crippen molar-refractivity contribution in [1.82, 2.24) is 9.55 Å². The van der Waals surface area contributed by atoms with E-state index in [-0.39, 0.29) is 10.4 Å². The molecule has 0 saturated heterocycles. The van der Waals surface area contributed by atoms with Crippen LogP contribution < -0.4 is 0 Å². The Balaban J connectivity index is 2.42. The number of alkyl halides is 1. The fraction of sp³-hybridized carbons (Fsp3) is 0.533. The van der Waals surface area contributed by atoms with E-state index in [0.717, 1.165) is 30.7 Å². The molecule has 0 N–H and O–H groups in total. The van der Waals surface area contributed by atoms with Crippen LogP contribution in [0.15, 0.2) is 12.1 Å². The number of aryl methyl sites for hydroxylation is 1. The molecule has 0 bridgehead atoms. The molecular formula is C15H19Cl2FN2. The summed E-state index contributed by atoms with van der Waals surface area (Å²) < 4.78 is 15.6. The molecule has 2 aromatic rings. The molecule has 5 heteroatoms. The molecule has 20 heavy (non-hydrogen) atoms. The highest BCUT2D eigenvalue weighted by Gasteiger charge is 2.16. The third-order valence-electron chi connectivity index (χ3n) is 3.34. The van der Waals surface area contributed by atoms with Crippen LogP contribution in [0.5, 0.6) is 0 Å². The van der Waals surface area contributed by atoms with Gasteiger partial charge in [0.25, 0.3) is 0 Å². The topological polar surface area (TPSA) is 17.8 Å². The van der Waals surface area contributed by atoms with Crippen LogP contribution in [0.4, 0.5) is 4.39 Å². The van der Waals surface area contributed by atoms with Crippen LogP contribution in [0.25, 0.3) is 11.0 Å². The van der Waals surface area contributed by atoms with E-state index in [9.17, 15) is 4.39 Å². The fourth-order valence-corrected chi connectivity index (χ4v) is 2.66. The highest BCUT2D eigenvalue weighted by atomic mass is 35.5. The van der Waals surface area contributed by atoms with Gasteiger partial charge in [-0.25, -0.2) is 9.37 Å². The largest absolute Gasteiger partial charge is 0.327 e. The van der Waals surface area contributed by atoms with E-state index >= 15 is 0 Å². The molecule has 2 rings (SSSR count). The molecule has 1 heterocycles. The summed E-state index contributed by atoms with van der Waals surface area (Å²) in [4.78, 5) is 4.44. The molecule has 0 amide bonds. The Morgan fingerprint density at radius 2 is 2.00 bits per heavy atom. The van der Waals surface area contributed by atoms with Gasteiger partial charge >= 0.3 is 0 Å². The Kier molecular flexibility index (Phi) is 4.92. The zero-order valence-electron chi connectivity index (χ0n) is 12.0. The number of aromatic nitrogens is 2. The number of benzene rings is 1. The van der Waals surface area contributed by atoms with Crippen molar-refractivity contribution < 1.29 is 4.39 Å². The molecule has 2 nitrogen and oxygen atoms in total. The lowest BCUT2D eigenvalue weighted by Crippen LogP contribution is -2.05. The van der Waals surface area contributed by atoms with E-state index in [0.29, 0.717) is 11.4 Å². The third kappa shape index (κ3) is 3.26. The Morgan fingerprint density at radius 3 is 2.60 bits per heavy atom. The first-order valence-electron chi connectivity index (χ1n) is 6.89. The van der Waals surface area contributed by atoms with Gasteiger partial charge in [0.2, 0.25) is 0 Å². The van der Waals surface area contributed by atoms with Crippen LogP contribution in [-0.4, -0.2) is 9.55 Å². The first-order valence-corrected chi connectivity index (χ1v) is 7.70. The predicted molar refractivity (Wildman–Crippen MR) is 83.0 cm³/mol. The number of nitrogens with zero attached hydrogens (tertiary/aromatic N) is 2. The molecule has 110 valence electrons. The number of halogens is 3. The van der Waals surface area contributed by atoms with Gasteiger partial charge in [-0.15, -0.1) is 11.6 Å². The second-order valence-electron chi connectivity index (χ2n) is 5.53. The maximum absolute atomic E-state index is 13.5. The van der Waals surface area contributed by atoms with Crippen molar-refractivity contribution in [2.24, 2.45) is 5.92 Å². The van der Waals surface area contributed by atoms with Crippen LogP contribution >= 0.6 is 23.2 Å². The first kappa shape index (κ1) is 15.6. The molecule has 0 aliphatic rings. The van der Waals surface area contributed by atoms with Gasteiger partial charge in [-0.05, 0) is 31.7 Å². The minimum Gasteiger partial charge on any atom is -0.327 e. The van der Waals surface area contributed by atoms with E-state index in [2.05, 4.69) is 23.4 Å². The Hall–Kier alpha value is -0.800. The molecule has 0 aliphatic heterocycles. The van der Waals surface area contributed by atoms with Crippen molar-refractivity contribution in [3.05, 3.63) is 28.8 Å². The van der Waals surface area contributed by atoms with Gasteiger partial charge in [-0.1, -0.05) is 25.4 Å². The highest BCUT2D eigenvalue weighted by Crippen LogP contribution is 2.28. The zero-order valence-corrected chi connectivity index (χ0v) is 13.5. The fourth-order valence-electron chi connectivity index (χ4n) is 2.34. The summed E-state index contributed by atoms with van der Waals surface area (Å²) >= 11 is 12.1. The Bertz CT molecular complexity index is 605. The second-order valence-corrected chi connectivity index (χ2v) is 6.59. The Labute approximate surface area is 128 Å². The lowest BCUT2D eigenvalue weighted by Gasteiger charge is -2.11. The molecule has 1 atom stereocenters. The van der Waals surface area contributed by atoms with Crippen molar-refractivity contribution in [1.29, 1.82) is 0 Å². The van der Waals surface area contributed by atoms with Crippen LogP contribution in [0.3, 0.4) is 0 Å². The van der Waals surface area contributed by atoms with Crippen LogP contribution in [0.2, 0.25) is 5.02 Å². The molecule has 1 aromatic heterocycles. The zero-order chi connectivity index (χ0) is 14.9. The van der Waals surface area contributed by atoms with Crippen molar-refractivity contribution in [3.8, 4) is 0 Å². The monoisotopic (exact) mass is 316 g/mol. The molecule has 1 unspecified atom stereocenters. The Morgan fingerprint density at radius 1 is 1.30 bits per heavy atom. The maximum atomic E-state index is 13.5. The van der Waals surface area contributed by atoms with E-state index in [1.807, 2.05) is 6.92 Å². The summed E-state index contributed by atoms with van der Waals surface area (Å²) in [5, 5.41) is -0.0976. The average Bonchev–Trinajstić information content (AvgIpc) is 2.68. The molecule has 0 radical (unpaired) electrons. The van der Waals surface area contributed by atoms with Gasteiger partial charge in [0.05, 0.1) is 21.4 Å². The van der Waals surface area contributed by atoms with E-state index in [4.69, 9.17) is 23.2 Å². The summed E-state index contributed by atoms with van der Waals surface area (Å²) in [6.45, 7) is 7.09. The SMILES string of the molecule is CC(C)CCCn1c(C(C)Cl)nc2cc(F)c(Cl)cc21. The van der Waals surface area contributed by atoms with Crippen molar-refractivity contribution >= 4 is 34.2 Å². The third-order valence-corrected chi connectivity index (χ3v) is 3.82. The van der Waals surface area contributed by atoms with E-state index in [1.54, 1.807) is 6.07 Å². The molecular weight excluding hydrogens is 298 g/mol. The average molecular weight is 317 g/mol. The summed E-state index contributed by atoms with van der Waals surface area (Å²) in [5.41, 5.74) is 1.46. The van der Waals surface area contributed by atoms with Gasteiger partial charge < -0.3 is 4.57 Å². The minimum absolute atomic E-state index is 0.122. The molecule has 0 spiro atoms. The van der Waals surface area contributed by atoms with Crippen molar-refractivity contribution in [2.75, 3.05) is 0 Å². The van der Waals surface area contributed by atoms with Gasteiger partial charge in [-0.2, -0.15) is 0 Å². The van der Waals surface area contributed by atoms with Gasteiger partial charge in [0.1, 0.15) is 11.6 Å². The highest BCUT2D eigenvalue weighted by molar-refractivity contribution is 6.31. The quantitative estimate of drug-likeness (QED) is 0.660. The van der Waals surface area contributed by atoms with E-state index < -0.39 is 5.82 Å². The second kappa shape index (κ2) is 6.31. The molecule has 0 aliphatic carbocycles. The van der Waals surface area contributed by atoms with E-state index in [1.165, 1.54) is 6.07 Å². The normalized spacial score (nSPS) is 13.3. The number of fused-ring (bicyclic) bond motifs is 1. The number of rotatable bonds is 5. The van der Waals surface area contributed by atoms with Gasteiger partial charge in [-0.3, -0.25) is 0 Å². The summed E-state index contributed by atoms with van der Waals surface area (Å²) in [7, 11) is 0. The van der Waals surface area contributed by atoms with Crippen molar-refractivity contribution in [2.45, 2.75) is 45.5 Å². The van der Waals surface area contributed by atoms with Gasteiger partial charge in [0, 0.05) is 12.6 Å². The van der Waals surface area contributed by atoms with Crippen LogP contribution in [0, 0.1) is 11.7 Å². The first-order chi connectivity index (χ1) is 9.40. The number of imidazole rings is 1. The molecule has 0 saturated carbocycles. The summed E-state index contributed by atoms with van der Waals surface area (Å²) in [5.74, 6) is 0.981. The number of hydrogen-bond acceptors (Lipinski definition) is 1. The predicted octanol–water partition coefficient (Wildman–Crippen LogP) is 5.56.